The van der Waals surface area contributed by atoms with Crippen molar-refractivity contribution in [2.24, 2.45) is 5.92 Å². The van der Waals surface area contributed by atoms with Gasteiger partial charge in [0.15, 0.2) is 0 Å². The Labute approximate surface area is 96.6 Å². The van der Waals surface area contributed by atoms with Gasteiger partial charge in [0.05, 0.1) is 12.0 Å². The van der Waals surface area contributed by atoms with E-state index in [1.807, 2.05) is 13.8 Å². The summed E-state index contributed by atoms with van der Waals surface area (Å²) in [5.74, 6) is -0.198. The summed E-state index contributed by atoms with van der Waals surface area (Å²) < 4.78 is 5.51. The Hall–Kier alpha value is -0.610. The Morgan fingerprint density at radius 1 is 1.38 bits per heavy atom. The summed E-state index contributed by atoms with van der Waals surface area (Å²) in [5, 5.41) is 9.70. The highest BCUT2D eigenvalue weighted by Gasteiger charge is 2.46. The summed E-state index contributed by atoms with van der Waals surface area (Å²) in [6, 6.07) is 0.579. The number of rotatable bonds is 2. The van der Waals surface area contributed by atoms with E-state index in [4.69, 9.17) is 4.74 Å². The van der Waals surface area contributed by atoms with E-state index in [0.717, 1.165) is 19.3 Å². The van der Waals surface area contributed by atoms with Crippen molar-refractivity contribution in [2.75, 3.05) is 7.05 Å². The van der Waals surface area contributed by atoms with Crippen LogP contribution in [0.15, 0.2) is 0 Å². The standard InChI is InChI=1S/C12H21NO3/c1-7(2)12(15)16-11-5-8-4-9(14)6-10(11)13(8)3/h7-11,14H,4-6H2,1-3H3/t8-,9?,10+,11?/m1/s1. The zero-order valence-electron chi connectivity index (χ0n) is 10.2. The molecule has 2 bridgehead atoms. The molecule has 0 spiro atoms. The Bertz CT molecular complexity index is 279. The van der Waals surface area contributed by atoms with Crippen molar-refractivity contribution in [3.63, 3.8) is 0 Å². The van der Waals surface area contributed by atoms with Gasteiger partial charge < -0.3 is 9.84 Å². The molecule has 0 aromatic rings. The Balaban J connectivity index is 2.00. The highest BCUT2D eigenvalue weighted by atomic mass is 16.5. The molecule has 0 aromatic carbocycles. The number of carbonyl (C=O) groups excluding carboxylic acids is 1. The summed E-state index contributed by atoms with van der Waals surface area (Å²) >= 11 is 0. The zero-order valence-corrected chi connectivity index (χ0v) is 10.2. The van der Waals surface area contributed by atoms with E-state index in [2.05, 4.69) is 11.9 Å². The van der Waals surface area contributed by atoms with Gasteiger partial charge in [0.2, 0.25) is 0 Å². The second-order valence-electron chi connectivity index (χ2n) is 5.38. The zero-order chi connectivity index (χ0) is 11.9. The van der Waals surface area contributed by atoms with E-state index in [1.54, 1.807) is 0 Å². The molecular formula is C12H21NO3. The van der Waals surface area contributed by atoms with Crippen molar-refractivity contribution in [3.05, 3.63) is 0 Å². The van der Waals surface area contributed by atoms with Crippen LogP contribution in [0.4, 0.5) is 0 Å². The lowest BCUT2D eigenvalue weighted by Gasteiger charge is -2.34. The van der Waals surface area contributed by atoms with Gasteiger partial charge >= 0.3 is 5.97 Å². The third-order valence-electron chi connectivity index (χ3n) is 3.83. The maximum Gasteiger partial charge on any atom is 0.308 e. The molecule has 16 heavy (non-hydrogen) atoms. The van der Waals surface area contributed by atoms with Crippen LogP contribution in [-0.4, -0.2) is 47.3 Å². The van der Waals surface area contributed by atoms with Crippen LogP contribution in [0.1, 0.15) is 33.1 Å². The number of hydrogen-bond donors (Lipinski definition) is 1. The minimum Gasteiger partial charge on any atom is -0.460 e. The number of piperidine rings is 1. The van der Waals surface area contributed by atoms with Crippen LogP contribution in [0.5, 0.6) is 0 Å². The van der Waals surface area contributed by atoms with Crippen molar-refractivity contribution < 1.29 is 14.6 Å². The molecule has 4 heteroatoms. The van der Waals surface area contributed by atoms with Gasteiger partial charge in [0, 0.05) is 18.5 Å². The maximum absolute atomic E-state index is 11.6. The predicted octanol–water partition coefficient (Wildman–Crippen LogP) is 0.782. The van der Waals surface area contributed by atoms with Crippen LogP contribution in [0, 0.1) is 5.92 Å². The van der Waals surface area contributed by atoms with E-state index in [0.29, 0.717) is 6.04 Å². The average Bonchev–Trinajstić information content (AvgIpc) is 2.40. The summed E-state index contributed by atoms with van der Waals surface area (Å²) in [5.41, 5.74) is 0. The molecule has 0 aromatic heterocycles. The van der Waals surface area contributed by atoms with E-state index in [-0.39, 0.29) is 30.1 Å². The van der Waals surface area contributed by atoms with E-state index < -0.39 is 0 Å². The Morgan fingerprint density at radius 3 is 2.69 bits per heavy atom. The van der Waals surface area contributed by atoms with Crippen LogP contribution in [-0.2, 0) is 9.53 Å². The van der Waals surface area contributed by atoms with Gasteiger partial charge in [-0.25, -0.2) is 0 Å². The minimum atomic E-state index is -0.228. The van der Waals surface area contributed by atoms with Crippen LogP contribution < -0.4 is 0 Å². The topological polar surface area (TPSA) is 49.8 Å². The number of carbonyl (C=O) groups is 1. The van der Waals surface area contributed by atoms with Crippen molar-refractivity contribution in [1.29, 1.82) is 0 Å². The second kappa shape index (κ2) is 4.34. The molecular weight excluding hydrogens is 206 g/mol. The molecule has 2 aliphatic heterocycles. The van der Waals surface area contributed by atoms with Gasteiger partial charge in [-0.05, 0) is 19.9 Å². The second-order valence-corrected chi connectivity index (χ2v) is 5.38. The molecule has 2 saturated heterocycles. The van der Waals surface area contributed by atoms with Gasteiger partial charge in [0.1, 0.15) is 6.10 Å². The first-order valence-corrected chi connectivity index (χ1v) is 6.09. The van der Waals surface area contributed by atoms with Gasteiger partial charge in [-0.2, -0.15) is 0 Å². The molecule has 92 valence electrons. The summed E-state index contributed by atoms with van der Waals surface area (Å²) in [7, 11) is 2.06. The number of nitrogens with zero attached hydrogens (tertiary/aromatic N) is 1. The molecule has 0 amide bonds. The molecule has 2 unspecified atom stereocenters. The minimum absolute atomic E-state index is 0.0259. The molecule has 0 aliphatic carbocycles. The van der Waals surface area contributed by atoms with E-state index in [1.165, 1.54) is 0 Å². The molecule has 2 heterocycles. The summed E-state index contributed by atoms with van der Waals surface area (Å²) in [4.78, 5) is 13.8. The third-order valence-corrected chi connectivity index (χ3v) is 3.83. The van der Waals surface area contributed by atoms with Crippen molar-refractivity contribution in [2.45, 2.75) is 57.4 Å². The number of aliphatic hydroxyl groups excluding tert-OH is 1. The van der Waals surface area contributed by atoms with Crippen LogP contribution in [0.25, 0.3) is 0 Å². The van der Waals surface area contributed by atoms with Gasteiger partial charge in [-0.15, -0.1) is 0 Å². The number of esters is 1. The van der Waals surface area contributed by atoms with Gasteiger partial charge in [-0.3, -0.25) is 9.69 Å². The van der Waals surface area contributed by atoms with Gasteiger partial charge in [0.25, 0.3) is 0 Å². The lowest BCUT2D eigenvalue weighted by molar-refractivity contribution is -0.154. The quantitative estimate of drug-likeness (QED) is 0.708. The van der Waals surface area contributed by atoms with Crippen molar-refractivity contribution in [3.8, 4) is 0 Å². The Kier molecular flexibility index (Phi) is 3.22. The first kappa shape index (κ1) is 11.9. The first-order chi connectivity index (χ1) is 7.49. The fraction of sp³-hybridized carbons (Fsp3) is 0.917. The fourth-order valence-corrected chi connectivity index (χ4v) is 2.81. The lowest BCUT2D eigenvalue weighted by Crippen LogP contribution is -2.44. The fourth-order valence-electron chi connectivity index (χ4n) is 2.81. The third kappa shape index (κ3) is 2.09. The number of fused-ring (bicyclic) bond motifs is 2. The maximum atomic E-state index is 11.6. The molecule has 2 fully saturated rings. The van der Waals surface area contributed by atoms with Gasteiger partial charge in [-0.1, -0.05) is 13.8 Å². The lowest BCUT2D eigenvalue weighted by atomic mass is 10.0. The smallest absolute Gasteiger partial charge is 0.308 e. The van der Waals surface area contributed by atoms with Crippen molar-refractivity contribution in [1.82, 2.24) is 4.90 Å². The SMILES string of the molecule is CC(C)C(=O)OC1C[C@H]2CC(O)C[C@@H]1N2C. The molecule has 1 N–H and O–H groups in total. The van der Waals surface area contributed by atoms with Crippen LogP contribution >= 0.6 is 0 Å². The number of likely N-dealkylation sites (N-methyl/N-ethyl adjacent to an activating group) is 1. The van der Waals surface area contributed by atoms with E-state index in [9.17, 15) is 9.90 Å². The van der Waals surface area contributed by atoms with Crippen LogP contribution in [0.3, 0.4) is 0 Å². The molecule has 2 aliphatic rings. The molecule has 2 rings (SSSR count). The largest absolute Gasteiger partial charge is 0.460 e. The number of hydrogen-bond acceptors (Lipinski definition) is 4. The first-order valence-electron chi connectivity index (χ1n) is 6.09. The average molecular weight is 227 g/mol. The molecule has 4 atom stereocenters. The number of ether oxygens (including phenoxy) is 1. The summed E-state index contributed by atoms with van der Waals surface area (Å²) in [6.45, 7) is 3.70. The summed E-state index contributed by atoms with van der Waals surface area (Å²) in [6.07, 6.45) is 2.15. The highest BCUT2D eigenvalue weighted by molar-refractivity contribution is 5.71. The molecule has 0 saturated carbocycles. The molecule has 0 radical (unpaired) electrons. The van der Waals surface area contributed by atoms with Crippen molar-refractivity contribution >= 4 is 5.97 Å². The van der Waals surface area contributed by atoms with E-state index >= 15 is 0 Å². The normalized spacial score (nSPS) is 39.1. The monoisotopic (exact) mass is 227 g/mol. The number of aliphatic hydroxyl groups is 1. The highest BCUT2D eigenvalue weighted by Crippen LogP contribution is 2.36. The predicted molar refractivity (Wildman–Crippen MR) is 59.9 cm³/mol. The Morgan fingerprint density at radius 2 is 2.06 bits per heavy atom. The molecule has 4 nitrogen and oxygen atoms in total. The van der Waals surface area contributed by atoms with Crippen LogP contribution in [0.2, 0.25) is 0 Å².